The van der Waals surface area contributed by atoms with Crippen molar-refractivity contribution in [1.82, 2.24) is 14.8 Å². The van der Waals surface area contributed by atoms with Gasteiger partial charge in [-0.05, 0) is 25.1 Å². The van der Waals surface area contributed by atoms with Crippen LogP contribution in [-0.2, 0) is 16.9 Å². The second kappa shape index (κ2) is 3.84. The van der Waals surface area contributed by atoms with Gasteiger partial charge in [0, 0.05) is 5.56 Å². The number of epoxide rings is 1. The summed E-state index contributed by atoms with van der Waals surface area (Å²) < 4.78 is 34.1. The summed E-state index contributed by atoms with van der Waals surface area (Å²) in [4.78, 5) is 3.82. The third-order valence-electron chi connectivity index (χ3n) is 3.23. The third-order valence-corrected chi connectivity index (χ3v) is 3.23. The van der Waals surface area contributed by atoms with Gasteiger partial charge < -0.3 is 4.74 Å². The van der Waals surface area contributed by atoms with Crippen molar-refractivity contribution < 1.29 is 13.5 Å². The number of hydrogen-bond donors (Lipinski definition) is 0. The van der Waals surface area contributed by atoms with E-state index in [0.717, 1.165) is 12.1 Å². The molecule has 3 rings (SSSR count). The molecule has 2 heterocycles. The van der Waals surface area contributed by atoms with E-state index in [2.05, 4.69) is 10.1 Å². The van der Waals surface area contributed by atoms with Gasteiger partial charge in [0.1, 0.15) is 29.9 Å². The normalized spacial score (nSPS) is 26.3. The predicted octanol–water partition coefficient (Wildman–Crippen LogP) is 1.87. The summed E-state index contributed by atoms with van der Waals surface area (Å²) in [7, 11) is 0. The zero-order chi connectivity index (χ0) is 12.8. The minimum absolute atomic E-state index is 0.182. The first-order valence-electron chi connectivity index (χ1n) is 5.57. The number of benzene rings is 1. The van der Waals surface area contributed by atoms with Crippen molar-refractivity contribution in [2.75, 3.05) is 0 Å². The molecule has 0 saturated carbocycles. The van der Waals surface area contributed by atoms with E-state index in [1.54, 1.807) is 4.68 Å². The maximum Gasteiger partial charge on any atom is 0.142 e. The highest BCUT2D eigenvalue weighted by Gasteiger charge is 2.56. The lowest BCUT2D eigenvalue weighted by Gasteiger charge is -2.14. The SMILES string of the molecule is C[C@@H]1O[C@]1(Cn1cncn1)c1cc(F)ccc1F. The van der Waals surface area contributed by atoms with Crippen molar-refractivity contribution in [3.63, 3.8) is 0 Å². The van der Waals surface area contributed by atoms with E-state index >= 15 is 0 Å². The van der Waals surface area contributed by atoms with E-state index in [1.807, 2.05) is 6.92 Å². The Labute approximate surface area is 102 Å². The molecule has 0 amide bonds. The molecular weight excluding hydrogens is 240 g/mol. The zero-order valence-electron chi connectivity index (χ0n) is 9.68. The second-order valence-corrected chi connectivity index (χ2v) is 4.37. The first kappa shape index (κ1) is 11.3. The lowest BCUT2D eigenvalue weighted by atomic mass is 9.95. The fourth-order valence-electron chi connectivity index (χ4n) is 2.19. The highest BCUT2D eigenvalue weighted by Crippen LogP contribution is 2.48. The highest BCUT2D eigenvalue weighted by molar-refractivity contribution is 5.31. The monoisotopic (exact) mass is 251 g/mol. The lowest BCUT2D eigenvalue weighted by molar-refractivity contribution is 0.257. The molecule has 4 nitrogen and oxygen atoms in total. The average Bonchev–Trinajstić information content (AvgIpc) is 2.77. The van der Waals surface area contributed by atoms with Crippen LogP contribution in [0.15, 0.2) is 30.9 Å². The van der Waals surface area contributed by atoms with Gasteiger partial charge >= 0.3 is 0 Å². The number of halogens is 2. The molecule has 1 aliphatic heterocycles. The number of rotatable bonds is 3. The fourth-order valence-corrected chi connectivity index (χ4v) is 2.19. The molecule has 6 heteroatoms. The molecule has 94 valence electrons. The van der Waals surface area contributed by atoms with Crippen LogP contribution in [0.5, 0.6) is 0 Å². The van der Waals surface area contributed by atoms with Crippen LogP contribution < -0.4 is 0 Å². The minimum Gasteiger partial charge on any atom is -0.359 e. The molecule has 0 radical (unpaired) electrons. The molecule has 0 N–H and O–H groups in total. The maximum absolute atomic E-state index is 13.8. The van der Waals surface area contributed by atoms with Gasteiger partial charge in [0.2, 0.25) is 0 Å². The Hall–Kier alpha value is -1.82. The van der Waals surface area contributed by atoms with E-state index < -0.39 is 17.2 Å². The van der Waals surface area contributed by atoms with Crippen molar-refractivity contribution in [3.8, 4) is 0 Å². The quantitative estimate of drug-likeness (QED) is 0.782. The summed E-state index contributed by atoms with van der Waals surface area (Å²) in [6.45, 7) is 2.13. The average molecular weight is 251 g/mol. The van der Waals surface area contributed by atoms with E-state index in [0.29, 0.717) is 6.54 Å². The zero-order valence-corrected chi connectivity index (χ0v) is 9.68. The summed E-state index contributed by atoms with van der Waals surface area (Å²) in [6, 6.07) is 3.38. The molecule has 0 unspecified atom stereocenters. The van der Waals surface area contributed by atoms with Gasteiger partial charge in [-0.2, -0.15) is 5.10 Å². The molecule has 1 aliphatic rings. The van der Waals surface area contributed by atoms with Crippen molar-refractivity contribution >= 4 is 0 Å². The Morgan fingerprint density at radius 2 is 2.22 bits per heavy atom. The molecule has 18 heavy (non-hydrogen) atoms. The van der Waals surface area contributed by atoms with Crippen LogP contribution in [0.1, 0.15) is 12.5 Å². The number of hydrogen-bond acceptors (Lipinski definition) is 3. The number of aromatic nitrogens is 3. The standard InChI is InChI=1S/C12H11F2N3O/c1-8-12(18-8,5-17-7-15-6-16-17)10-4-9(13)2-3-11(10)14/h2-4,6-8H,5H2,1H3/t8-,12-/m0/s1. The van der Waals surface area contributed by atoms with Crippen LogP contribution in [0.4, 0.5) is 8.78 Å². The Bertz CT molecular complexity index is 573. The van der Waals surface area contributed by atoms with Crippen LogP contribution in [0, 0.1) is 11.6 Å². The molecule has 1 fully saturated rings. The van der Waals surface area contributed by atoms with Crippen molar-refractivity contribution in [3.05, 3.63) is 48.1 Å². The Morgan fingerprint density at radius 1 is 1.44 bits per heavy atom. The topological polar surface area (TPSA) is 43.2 Å². The van der Waals surface area contributed by atoms with Crippen LogP contribution in [-0.4, -0.2) is 20.9 Å². The van der Waals surface area contributed by atoms with Gasteiger partial charge in [-0.1, -0.05) is 0 Å². The van der Waals surface area contributed by atoms with Crippen LogP contribution in [0.2, 0.25) is 0 Å². The summed E-state index contributed by atoms with van der Waals surface area (Å²) >= 11 is 0. The molecule has 0 spiro atoms. The summed E-state index contributed by atoms with van der Waals surface area (Å²) in [5.41, 5.74) is -0.620. The second-order valence-electron chi connectivity index (χ2n) is 4.37. The van der Waals surface area contributed by atoms with Gasteiger partial charge in [0.25, 0.3) is 0 Å². The molecule has 2 atom stereocenters. The largest absolute Gasteiger partial charge is 0.359 e. The van der Waals surface area contributed by atoms with Gasteiger partial charge in [-0.25, -0.2) is 18.4 Å². The van der Waals surface area contributed by atoms with Crippen molar-refractivity contribution in [1.29, 1.82) is 0 Å². The Kier molecular flexibility index (Phi) is 2.41. The molecular formula is C12H11F2N3O. The fraction of sp³-hybridized carbons (Fsp3) is 0.333. The highest BCUT2D eigenvalue weighted by atomic mass is 19.1. The van der Waals surface area contributed by atoms with Gasteiger partial charge in [0.15, 0.2) is 0 Å². The summed E-state index contributed by atoms with van der Waals surface area (Å²) in [6.07, 6.45) is 2.73. The summed E-state index contributed by atoms with van der Waals surface area (Å²) in [5, 5.41) is 3.96. The van der Waals surface area contributed by atoms with Gasteiger partial charge in [-0.15, -0.1) is 0 Å². The predicted molar refractivity (Wildman–Crippen MR) is 58.6 cm³/mol. The van der Waals surface area contributed by atoms with E-state index in [4.69, 9.17) is 4.74 Å². The van der Waals surface area contributed by atoms with Gasteiger partial charge in [-0.3, -0.25) is 0 Å². The molecule has 1 aromatic carbocycles. The molecule has 1 saturated heterocycles. The summed E-state index contributed by atoms with van der Waals surface area (Å²) in [5.74, 6) is -0.951. The van der Waals surface area contributed by atoms with Crippen LogP contribution >= 0.6 is 0 Å². The van der Waals surface area contributed by atoms with Crippen LogP contribution in [0.3, 0.4) is 0 Å². The first-order chi connectivity index (χ1) is 8.62. The number of nitrogens with zero attached hydrogens (tertiary/aromatic N) is 3. The lowest BCUT2D eigenvalue weighted by Crippen LogP contribution is -2.22. The first-order valence-corrected chi connectivity index (χ1v) is 5.57. The Morgan fingerprint density at radius 3 is 2.83 bits per heavy atom. The van der Waals surface area contributed by atoms with E-state index in [-0.39, 0.29) is 11.7 Å². The van der Waals surface area contributed by atoms with Gasteiger partial charge in [0.05, 0.1) is 12.6 Å². The van der Waals surface area contributed by atoms with Crippen LogP contribution in [0.25, 0.3) is 0 Å². The number of ether oxygens (including phenoxy) is 1. The van der Waals surface area contributed by atoms with Crippen molar-refractivity contribution in [2.24, 2.45) is 0 Å². The smallest absolute Gasteiger partial charge is 0.142 e. The molecule has 0 aliphatic carbocycles. The maximum atomic E-state index is 13.8. The molecule has 1 aromatic heterocycles. The third kappa shape index (κ3) is 1.69. The minimum atomic E-state index is -0.847. The van der Waals surface area contributed by atoms with E-state index in [1.165, 1.54) is 18.7 Å². The Balaban J connectivity index is 1.99. The van der Waals surface area contributed by atoms with E-state index in [9.17, 15) is 8.78 Å². The molecule has 0 bridgehead atoms. The molecule has 2 aromatic rings. The van der Waals surface area contributed by atoms with Crippen molar-refractivity contribution in [2.45, 2.75) is 25.2 Å².